The molecular weight excluding hydrogens is 210 g/mol. The molecular formula is C11H12ClN3. The van der Waals surface area contributed by atoms with Crippen molar-refractivity contribution in [3.05, 3.63) is 47.5 Å². The highest BCUT2D eigenvalue weighted by Gasteiger charge is 2.04. The zero-order valence-corrected chi connectivity index (χ0v) is 9.15. The number of rotatable bonds is 2. The largest absolute Gasteiger partial charge is 0.323 e. The van der Waals surface area contributed by atoms with Gasteiger partial charge in [-0.25, -0.2) is 4.98 Å². The van der Waals surface area contributed by atoms with Crippen molar-refractivity contribution in [2.45, 2.75) is 13.0 Å². The molecule has 1 aromatic carbocycles. The Morgan fingerprint density at radius 1 is 1.47 bits per heavy atom. The lowest BCUT2D eigenvalue weighted by Gasteiger charge is -2.02. The van der Waals surface area contributed by atoms with Gasteiger partial charge in [0.15, 0.2) is 0 Å². The monoisotopic (exact) mass is 221 g/mol. The molecule has 1 atom stereocenters. The van der Waals surface area contributed by atoms with E-state index in [2.05, 4.69) is 4.98 Å². The smallest absolute Gasteiger partial charge is 0.0995 e. The molecule has 4 heteroatoms. The molecule has 0 saturated heterocycles. The minimum absolute atomic E-state index is 0.0505. The van der Waals surface area contributed by atoms with Crippen molar-refractivity contribution in [2.75, 3.05) is 0 Å². The second kappa shape index (κ2) is 4.04. The van der Waals surface area contributed by atoms with Gasteiger partial charge in [0.05, 0.1) is 12.0 Å². The molecule has 2 aromatic rings. The molecule has 15 heavy (non-hydrogen) atoms. The molecule has 0 aliphatic carbocycles. The summed E-state index contributed by atoms with van der Waals surface area (Å²) in [4.78, 5) is 4.22. The minimum Gasteiger partial charge on any atom is -0.323 e. The van der Waals surface area contributed by atoms with Gasteiger partial charge in [-0.05, 0) is 25.1 Å². The van der Waals surface area contributed by atoms with E-state index in [0.29, 0.717) is 5.02 Å². The third-order valence-corrected chi connectivity index (χ3v) is 2.41. The van der Waals surface area contributed by atoms with Gasteiger partial charge in [-0.3, -0.25) is 0 Å². The zero-order chi connectivity index (χ0) is 10.8. The molecule has 3 nitrogen and oxygen atoms in total. The molecule has 1 heterocycles. The van der Waals surface area contributed by atoms with Crippen LogP contribution in [-0.2, 0) is 0 Å². The van der Waals surface area contributed by atoms with Crippen molar-refractivity contribution in [1.29, 1.82) is 0 Å². The SMILES string of the molecule is C[C@H](N)c1cn(-c2cccc(Cl)c2)cn1. The van der Waals surface area contributed by atoms with Crippen LogP contribution in [0.3, 0.4) is 0 Å². The minimum atomic E-state index is -0.0505. The third kappa shape index (κ3) is 2.19. The lowest BCUT2D eigenvalue weighted by Crippen LogP contribution is -2.04. The Morgan fingerprint density at radius 3 is 2.87 bits per heavy atom. The molecule has 2 rings (SSSR count). The van der Waals surface area contributed by atoms with Gasteiger partial charge in [0.25, 0.3) is 0 Å². The predicted octanol–water partition coefficient (Wildman–Crippen LogP) is 2.55. The summed E-state index contributed by atoms with van der Waals surface area (Å²) >= 11 is 5.91. The van der Waals surface area contributed by atoms with Gasteiger partial charge in [-0.15, -0.1) is 0 Å². The first-order valence-electron chi connectivity index (χ1n) is 4.72. The van der Waals surface area contributed by atoms with E-state index in [1.807, 2.05) is 42.0 Å². The number of halogens is 1. The number of nitrogens with zero attached hydrogens (tertiary/aromatic N) is 2. The van der Waals surface area contributed by atoms with E-state index < -0.39 is 0 Å². The molecule has 0 amide bonds. The molecule has 0 fully saturated rings. The van der Waals surface area contributed by atoms with Crippen molar-refractivity contribution < 1.29 is 0 Å². The second-order valence-corrected chi connectivity index (χ2v) is 3.91. The quantitative estimate of drug-likeness (QED) is 0.847. The third-order valence-electron chi connectivity index (χ3n) is 2.18. The van der Waals surface area contributed by atoms with Crippen molar-refractivity contribution >= 4 is 11.6 Å². The summed E-state index contributed by atoms with van der Waals surface area (Å²) in [6.07, 6.45) is 3.65. The molecule has 78 valence electrons. The highest BCUT2D eigenvalue weighted by molar-refractivity contribution is 6.30. The van der Waals surface area contributed by atoms with Crippen LogP contribution in [0.25, 0.3) is 5.69 Å². The van der Waals surface area contributed by atoms with Gasteiger partial charge in [0.2, 0.25) is 0 Å². The Bertz CT molecular complexity index is 462. The second-order valence-electron chi connectivity index (χ2n) is 3.47. The average Bonchev–Trinajstić information content (AvgIpc) is 2.66. The van der Waals surface area contributed by atoms with Crippen LogP contribution in [0.15, 0.2) is 36.8 Å². The molecule has 0 aliphatic rings. The van der Waals surface area contributed by atoms with E-state index in [0.717, 1.165) is 11.4 Å². The Hall–Kier alpha value is -1.32. The molecule has 0 saturated carbocycles. The van der Waals surface area contributed by atoms with Gasteiger partial charge in [0, 0.05) is 22.9 Å². The van der Waals surface area contributed by atoms with E-state index >= 15 is 0 Å². The van der Waals surface area contributed by atoms with E-state index in [4.69, 9.17) is 17.3 Å². The van der Waals surface area contributed by atoms with Crippen molar-refractivity contribution in [1.82, 2.24) is 9.55 Å². The van der Waals surface area contributed by atoms with E-state index in [-0.39, 0.29) is 6.04 Å². The molecule has 0 spiro atoms. The van der Waals surface area contributed by atoms with Crippen LogP contribution in [0.2, 0.25) is 5.02 Å². The highest BCUT2D eigenvalue weighted by Crippen LogP contribution is 2.16. The molecule has 0 bridgehead atoms. The number of nitrogens with two attached hydrogens (primary N) is 1. The lowest BCUT2D eigenvalue weighted by molar-refractivity contribution is 0.788. The summed E-state index contributed by atoms with van der Waals surface area (Å²) in [5.74, 6) is 0. The molecule has 0 unspecified atom stereocenters. The van der Waals surface area contributed by atoms with Gasteiger partial charge in [-0.1, -0.05) is 17.7 Å². The Labute approximate surface area is 93.5 Å². The predicted molar refractivity (Wildman–Crippen MR) is 61.2 cm³/mol. The number of benzene rings is 1. The van der Waals surface area contributed by atoms with Gasteiger partial charge >= 0.3 is 0 Å². The van der Waals surface area contributed by atoms with Crippen LogP contribution in [0.1, 0.15) is 18.7 Å². The van der Waals surface area contributed by atoms with Gasteiger partial charge in [0.1, 0.15) is 0 Å². The maximum atomic E-state index is 5.91. The van der Waals surface area contributed by atoms with Crippen LogP contribution in [0.4, 0.5) is 0 Å². The van der Waals surface area contributed by atoms with Crippen LogP contribution in [0, 0.1) is 0 Å². The van der Waals surface area contributed by atoms with Crippen molar-refractivity contribution in [3.63, 3.8) is 0 Å². The van der Waals surface area contributed by atoms with Crippen LogP contribution in [-0.4, -0.2) is 9.55 Å². The maximum absolute atomic E-state index is 5.91. The Balaban J connectivity index is 2.37. The topological polar surface area (TPSA) is 43.8 Å². The van der Waals surface area contributed by atoms with Crippen LogP contribution >= 0.6 is 11.6 Å². The fourth-order valence-corrected chi connectivity index (χ4v) is 1.54. The normalized spacial score (nSPS) is 12.7. The summed E-state index contributed by atoms with van der Waals surface area (Å²) < 4.78 is 1.91. The first-order valence-corrected chi connectivity index (χ1v) is 5.10. The summed E-state index contributed by atoms with van der Waals surface area (Å²) in [6.45, 7) is 1.91. The molecule has 1 aromatic heterocycles. The van der Waals surface area contributed by atoms with Gasteiger partial charge < -0.3 is 10.3 Å². The molecule has 2 N–H and O–H groups in total. The number of aromatic nitrogens is 2. The lowest BCUT2D eigenvalue weighted by atomic mass is 10.3. The summed E-state index contributed by atoms with van der Waals surface area (Å²) in [5, 5.41) is 0.712. The first kappa shape index (κ1) is 10.2. The van der Waals surface area contributed by atoms with Gasteiger partial charge in [-0.2, -0.15) is 0 Å². The first-order chi connectivity index (χ1) is 7.16. The van der Waals surface area contributed by atoms with Crippen molar-refractivity contribution in [3.8, 4) is 5.69 Å². The van der Waals surface area contributed by atoms with E-state index in [1.165, 1.54) is 0 Å². The summed E-state index contributed by atoms with van der Waals surface area (Å²) in [7, 11) is 0. The number of imidazole rings is 1. The number of hydrogen-bond donors (Lipinski definition) is 1. The fourth-order valence-electron chi connectivity index (χ4n) is 1.35. The number of hydrogen-bond acceptors (Lipinski definition) is 2. The van der Waals surface area contributed by atoms with Crippen molar-refractivity contribution in [2.24, 2.45) is 5.73 Å². The Morgan fingerprint density at radius 2 is 2.27 bits per heavy atom. The van der Waals surface area contributed by atoms with E-state index in [9.17, 15) is 0 Å². The standard InChI is InChI=1S/C11H12ClN3/c1-8(13)11-6-15(7-14-11)10-4-2-3-9(12)5-10/h2-8H,13H2,1H3/t8-/m0/s1. The molecule has 0 radical (unpaired) electrons. The van der Waals surface area contributed by atoms with E-state index in [1.54, 1.807) is 6.33 Å². The zero-order valence-electron chi connectivity index (χ0n) is 8.39. The average molecular weight is 222 g/mol. The van der Waals surface area contributed by atoms with Crippen LogP contribution in [0.5, 0.6) is 0 Å². The Kier molecular flexibility index (Phi) is 2.75. The molecule has 0 aliphatic heterocycles. The highest BCUT2D eigenvalue weighted by atomic mass is 35.5. The fraction of sp³-hybridized carbons (Fsp3) is 0.182. The summed E-state index contributed by atoms with van der Waals surface area (Å²) in [6, 6.07) is 7.55. The summed E-state index contributed by atoms with van der Waals surface area (Å²) in [5.41, 5.74) is 7.59. The maximum Gasteiger partial charge on any atom is 0.0995 e. The van der Waals surface area contributed by atoms with Crippen LogP contribution < -0.4 is 5.73 Å².